The molecule has 0 bridgehead atoms. The third-order valence-electron chi connectivity index (χ3n) is 5.23. The first-order valence-electron chi connectivity index (χ1n) is 12.0. The van der Waals surface area contributed by atoms with Gasteiger partial charge in [0.1, 0.15) is 17.1 Å². The Labute approximate surface area is 222 Å². The zero-order valence-corrected chi connectivity index (χ0v) is 22.5. The summed E-state index contributed by atoms with van der Waals surface area (Å²) in [5.74, 6) is -1.10. The quantitative estimate of drug-likeness (QED) is 0.208. The van der Waals surface area contributed by atoms with Crippen LogP contribution in [0.4, 0.5) is 10.5 Å². The van der Waals surface area contributed by atoms with Crippen molar-refractivity contribution in [3.05, 3.63) is 53.6 Å². The summed E-state index contributed by atoms with van der Waals surface area (Å²) < 4.78 is 21.0. The van der Waals surface area contributed by atoms with Crippen LogP contribution in [0.5, 0.6) is 11.5 Å². The summed E-state index contributed by atoms with van der Waals surface area (Å²) in [5, 5.41) is 17.3. The van der Waals surface area contributed by atoms with Gasteiger partial charge in [-0.1, -0.05) is 19.1 Å². The number of ether oxygens (including phenoxy) is 4. The second-order valence-corrected chi connectivity index (χ2v) is 9.14. The predicted octanol–water partition coefficient (Wildman–Crippen LogP) is 4.30. The molecule has 38 heavy (non-hydrogen) atoms. The van der Waals surface area contributed by atoms with Gasteiger partial charge in [-0.3, -0.25) is 0 Å². The smallest absolute Gasteiger partial charge is 0.428 e. The van der Waals surface area contributed by atoms with E-state index in [1.807, 2.05) is 0 Å². The number of esters is 1. The zero-order chi connectivity index (χ0) is 28.3. The number of nitrogens with zero attached hydrogens (tertiary/aromatic N) is 1. The maximum atomic E-state index is 12.7. The van der Waals surface area contributed by atoms with Crippen molar-refractivity contribution in [1.82, 2.24) is 5.43 Å². The molecule has 206 valence electrons. The first kappa shape index (κ1) is 29.9. The summed E-state index contributed by atoms with van der Waals surface area (Å²) in [6.45, 7) is 8.47. The molecule has 0 aliphatic heterocycles. The number of aliphatic carboxylic acids is 1. The summed E-state index contributed by atoms with van der Waals surface area (Å²) in [7, 11) is 1.47. The van der Waals surface area contributed by atoms with E-state index >= 15 is 0 Å². The number of hydrazone groups is 1. The molecule has 1 atom stereocenters. The van der Waals surface area contributed by atoms with Crippen molar-refractivity contribution in [2.75, 3.05) is 25.6 Å². The van der Waals surface area contributed by atoms with Crippen molar-refractivity contribution in [3.63, 3.8) is 0 Å². The minimum atomic E-state index is -1.62. The number of carbonyl (C=O) groups excluding carboxylic acids is 2. The number of carboxylic acid groups (broad SMARTS) is 1. The van der Waals surface area contributed by atoms with Crippen molar-refractivity contribution < 1.29 is 38.4 Å². The van der Waals surface area contributed by atoms with Crippen molar-refractivity contribution in [3.8, 4) is 11.5 Å². The average molecular weight is 530 g/mol. The molecule has 11 nitrogen and oxygen atoms in total. The van der Waals surface area contributed by atoms with Crippen molar-refractivity contribution >= 4 is 29.9 Å². The molecule has 1 unspecified atom stereocenters. The topological polar surface area (TPSA) is 145 Å². The molecule has 2 aromatic carbocycles. The molecule has 0 aliphatic carbocycles. The van der Waals surface area contributed by atoms with Gasteiger partial charge in [0.25, 0.3) is 0 Å². The third kappa shape index (κ3) is 8.39. The Morgan fingerprint density at radius 3 is 2.29 bits per heavy atom. The first-order valence-corrected chi connectivity index (χ1v) is 12.0. The van der Waals surface area contributed by atoms with Gasteiger partial charge in [-0.25, -0.2) is 19.8 Å². The number of amides is 1. The monoisotopic (exact) mass is 529 g/mol. The second kappa shape index (κ2) is 13.3. The molecular weight excluding hydrogens is 494 g/mol. The molecular formula is C27H35N3O8. The maximum Gasteiger partial charge on any atom is 0.428 e. The first-order chi connectivity index (χ1) is 17.9. The lowest BCUT2D eigenvalue weighted by atomic mass is 9.85. The molecule has 0 heterocycles. The highest BCUT2D eigenvalue weighted by Crippen LogP contribution is 2.38. The highest BCUT2D eigenvalue weighted by Gasteiger charge is 2.42. The van der Waals surface area contributed by atoms with Crippen LogP contribution in [0.15, 0.2) is 47.6 Å². The van der Waals surface area contributed by atoms with Crippen molar-refractivity contribution in [2.45, 2.75) is 52.2 Å². The van der Waals surface area contributed by atoms with E-state index < -0.39 is 29.2 Å². The molecule has 0 saturated heterocycles. The van der Waals surface area contributed by atoms with Gasteiger partial charge in [0.2, 0.25) is 0 Å². The number of methoxy groups -OCH3 is 1. The lowest BCUT2D eigenvalue weighted by Gasteiger charge is -2.32. The number of carbonyl (C=O) groups is 3. The fourth-order valence-electron chi connectivity index (χ4n) is 3.46. The van der Waals surface area contributed by atoms with E-state index in [9.17, 15) is 19.5 Å². The van der Waals surface area contributed by atoms with Crippen LogP contribution in [0.3, 0.4) is 0 Å². The minimum Gasteiger partial charge on any atom is -0.497 e. The standard InChI is InChI=1S/C27H35N3O8/c1-7-27(24(32)33,21-15-20(35-6)13-14-22(21)37-17-23(31)36-8-2)29-19-11-9-18(10-12-19)16-28-30-25(34)38-26(3,4)5/h9-16,29H,7-8,17H2,1-6H3,(H,30,34)(H,32,33). The fraction of sp³-hybridized carbons (Fsp3) is 0.407. The summed E-state index contributed by atoms with van der Waals surface area (Å²) in [5.41, 5.74) is 1.47. The molecule has 11 heteroatoms. The Kier molecular flexibility index (Phi) is 10.5. The Hall–Kier alpha value is -4.28. The van der Waals surface area contributed by atoms with Crippen molar-refractivity contribution in [2.24, 2.45) is 5.10 Å². The van der Waals surface area contributed by atoms with Gasteiger partial charge < -0.3 is 29.4 Å². The number of nitrogens with one attached hydrogen (secondary N) is 2. The fourth-order valence-corrected chi connectivity index (χ4v) is 3.46. The van der Waals surface area contributed by atoms with Gasteiger partial charge in [-0.15, -0.1) is 0 Å². The normalized spacial score (nSPS) is 12.8. The molecule has 2 aromatic rings. The molecule has 0 aromatic heterocycles. The van der Waals surface area contributed by atoms with E-state index in [2.05, 4.69) is 15.8 Å². The van der Waals surface area contributed by atoms with E-state index in [1.165, 1.54) is 13.3 Å². The molecule has 0 saturated carbocycles. The Balaban J connectivity index is 2.31. The molecule has 0 aliphatic rings. The SMILES string of the molecule is CCOC(=O)COc1ccc(OC)cc1C(CC)(Nc1ccc(C=NNC(=O)OC(C)(C)C)cc1)C(=O)O. The molecule has 1 amide bonds. The molecule has 2 rings (SSSR count). The second-order valence-electron chi connectivity index (χ2n) is 9.14. The molecule has 0 spiro atoms. The highest BCUT2D eigenvalue weighted by atomic mass is 16.6. The van der Waals surface area contributed by atoms with E-state index in [0.717, 1.165) is 0 Å². The molecule has 3 N–H and O–H groups in total. The van der Waals surface area contributed by atoms with E-state index in [-0.39, 0.29) is 30.9 Å². The number of hydrogen-bond acceptors (Lipinski definition) is 9. The number of benzene rings is 2. The van der Waals surface area contributed by atoms with Gasteiger partial charge >= 0.3 is 18.0 Å². The van der Waals surface area contributed by atoms with E-state index in [4.69, 9.17) is 18.9 Å². The van der Waals surface area contributed by atoms with Crippen LogP contribution in [0.1, 0.15) is 52.2 Å². The van der Waals surface area contributed by atoms with Gasteiger partial charge in [-0.05, 0) is 70.0 Å². The van der Waals surface area contributed by atoms with Crippen LogP contribution in [0.25, 0.3) is 0 Å². The average Bonchev–Trinajstić information content (AvgIpc) is 2.86. The minimum absolute atomic E-state index is 0.133. The Morgan fingerprint density at radius 1 is 1.05 bits per heavy atom. The van der Waals surface area contributed by atoms with Gasteiger partial charge in [0, 0.05) is 11.3 Å². The number of carboxylic acids is 1. The van der Waals surface area contributed by atoms with Crippen LogP contribution in [-0.2, 0) is 24.6 Å². The largest absolute Gasteiger partial charge is 0.497 e. The summed E-state index contributed by atoms with van der Waals surface area (Å²) in [6, 6.07) is 11.5. The molecule has 0 fully saturated rings. The zero-order valence-electron chi connectivity index (χ0n) is 22.5. The van der Waals surface area contributed by atoms with Crippen LogP contribution in [0, 0.1) is 0 Å². The van der Waals surface area contributed by atoms with E-state index in [1.54, 1.807) is 77.1 Å². The van der Waals surface area contributed by atoms with Gasteiger partial charge in [0.05, 0.1) is 19.9 Å². The Bertz CT molecular complexity index is 1140. The van der Waals surface area contributed by atoms with Crippen LogP contribution in [-0.4, -0.2) is 55.3 Å². The van der Waals surface area contributed by atoms with Gasteiger partial charge in [-0.2, -0.15) is 5.10 Å². The number of anilines is 1. The summed E-state index contributed by atoms with van der Waals surface area (Å²) in [4.78, 5) is 36.3. The number of rotatable bonds is 12. The number of hydrogen-bond donors (Lipinski definition) is 3. The van der Waals surface area contributed by atoms with Crippen molar-refractivity contribution in [1.29, 1.82) is 0 Å². The summed E-state index contributed by atoms with van der Waals surface area (Å²) in [6.07, 6.45) is 0.885. The van der Waals surface area contributed by atoms with Crippen LogP contribution >= 0.6 is 0 Å². The van der Waals surface area contributed by atoms with E-state index in [0.29, 0.717) is 17.0 Å². The van der Waals surface area contributed by atoms with Crippen LogP contribution in [0.2, 0.25) is 0 Å². The molecule has 0 radical (unpaired) electrons. The van der Waals surface area contributed by atoms with Crippen LogP contribution < -0.4 is 20.2 Å². The lowest BCUT2D eigenvalue weighted by Crippen LogP contribution is -2.43. The third-order valence-corrected chi connectivity index (χ3v) is 5.23. The lowest BCUT2D eigenvalue weighted by molar-refractivity contribution is -0.145. The Morgan fingerprint density at radius 2 is 1.74 bits per heavy atom. The summed E-state index contributed by atoms with van der Waals surface area (Å²) >= 11 is 0. The van der Waals surface area contributed by atoms with Gasteiger partial charge in [0.15, 0.2) is 12.1 Å². The highest BCUT2D eigenvalue weighted by molar-refractivity contribution is 5.87. The predicted molar refractivity (Wildman–Crippen MR) is 142 cm³/mol. The maximum absolute atomic E-state index is 12.7.